The molecule has 6 heteroatoms. The van der Waals surface area contributed by atoms with Crippen molar-refractivity contribution in [2.45, 2.75) is 25.7 Å². The third-order valence-electron chi connectivity index (χ3n) is 2.07. The molecule has 1 rings (SSSR count). The van der Waals surface area contributed by atoms with Crippen molar-refractivity contribution in [3.8, 4) is 0 Å². The zero-order valence-corrected chi connectivity index (χ0v) is 11.7. The number of anilines is 1. The summed E-state index contributed by atoms with van der Waals surface area (Å²) in [5, 5.41) is 0.239. The molecular formula is C11H17ClN2O2S. The van der Waals surface area contributed by atoms with Gasteiger partial charge >= 0.3 is 0 Å². The van der Waals surface area contributed by atoms with Gasteiger partial charge in [0.1, 0.15) is 0 Å². The highest BCUT2D eigenvalue weighted by Gasteiger charge is 2.19. The second-order valence-corrected chi connectivity index (χ2v) is 7.24. The molecule has 17 heavy (non-hydrogen) atoms. The lowest BCUT2D eigenvalue weighted by Gasteiger charge is -2.18. The minimum Gasteiger partial charge on any atom is -0.398 e. The molecule has 3 N–H and O–H groups in total. The number of hydrogen-bond acceptors (Lipinski definition) is 3. The van der Waals surface area contributed by atoms with Crippen LogP contribution in [0.4, 0.5) is 5.69 Å². The summed E-state index contributed by atoms with van der Waals surface area (Å²) in [5.41, 5.74) is 5.77. The van der Waals surface area contributed by atoms with Crippen LogP contribution in [0.1, 0.15) is 20.8 Å². The fraction of sp³-hybridized carbons (Fsp3) is 0.455. The van der Waals surface area contributed by atoms with Crippen LogP contribution in [-0.4, -0.2) is 15.0 Å². The maximum atomic E-state index is 11.9. The summed E-state index contributed by atoms with van der Waals surface area (Å²) in [7, 11) is -3.52. The van der Waals surface area contributed by atoms with E-state index in [0.717, 1.165) is 0 Å². The van der Waals surface area contributed by atoms with Gasteiger partial charge in [0.05, 0.1) is 15.6 Å². The first-order valence-electron chi connectivity index (χ1n) is 5.16. The van der Waals surface area contributed by atoms with E-state index in [-0.39, 0.29) is 15.3 Å². The maximum absolute atomic E-state index is 11.9. The number of nitrogens with one attached hydrogen (secondary N) is 1. The van der Waals surface area contributed by atoms with Crippen molar-refractivity contribution in [1.82, 2.24) is 4.72 Å². The number of benzene rings is 1. The molecule has 0 unspecified atom stereocenters. The summed E-state index contributed by atoms with van der Waals surface area (Å²) >= 11 is 5.79. The Kier molecular flexibility index (Phi) is 4.06. The van der Waals surface area contributed by atoms with E-state index in [1.165, 1.54) is 18.2 Å². The van der Waals surface area contributed by atoms with Gasteiger partial charge in [-0.2, -0.15) is 0 Å². The quantitative estimate of drug-likeness (QED) is 0.832. The van der Waals surface area contributed by atoms with Gasteiger partial charge < -0.3 is 5.73 Å². The van der Waals surface area contributed by atoms with Crippen LogP contribution in [0.3, 0.4) is 0 Å². The fourth-order valence-corrected chi connectivity index (χ4v) is 2.62. The van der Waals surface area contributed by atoms with Gasteiger partial charge in [-0.3, -0.25) is 0 Å². The average Bonchev–Trinajstić information content (AvgIpc) is 2.18. The lowest BCUT2D eigenvalue weighted by atomic mass is 9.98. The zero-order chi connectivity index (χ0) is 13.3. The Bertz CT molecular complexity index is 507. The van der Waals surface area contributed by atoms with Gasteiger partial charge in [-0.1, -0.05) is 32.4 Å². The predicted octanol–water partition coefficient (Wildman–Crippen LogP) is 2.25. The van der Waals surface area contributed by atoms with Crippen molar-refractivity contribution in [3.63, 3.8) is 0 Å². The Morgan fingerprint density at radius 2 is 1.94 bits per heavy atom. The van der Waals surface area contributed by atoms with Crippen LogP contribution >= 0.6 is 11.6 Å². The number of nitrogen functional groups attached to an aromatic ring is 1. The standard InChI is InChI=1S/C11H17ClN2O2S/c1-11(2,3)7-14-17(15,16)8-4-5-10(13)9(12)6-8/h4-6,14H,7,13H2,1-3H3. The van der Waals surface area contributed by atoms with E-state index in [9.17, 15) is 8.42 Å². The van der Waals surface area contributed by atoms with Gasteiger partial charge in [0.2, 0.25) is 10.0 Å². The average molecular weight is 277 g/mol. The monoisotopic (exact) mass is 276 g/mol. The van der Waals surface area contributed by atoms with Crippen molar-refractivity contribution >= 4 is 27.3 Å². The number of nitrogens with two attached hydrogens (primary N) is 1. The minimum absolute atomic E-state index is 0.120. The molecule has 0 bridgehead atoms. The molecule has 0 heterocycles. The molecule has 0 aromatic heterocycles. The SMILES string of the molecule is CC(C)(C)CNS(=O)(=O)c1ccc(N)c(Cl)c1. The lowest BCUT2D eigenvalue weighted by molar-refractivity contribution is 0.407. The van der Waals surface area contributed by atoms with Crippen molar-refractivity contribution in [3.05, 3.63) is 23.2 Å². The van der Waals surface area contributed by atoms with Crippen molar-refractivity contribution in [2.24, 2.45) is 5.41 Å². The molecule has 0 spiro atoms. The molecule has 1 aromatic carbocycles. The van der Waals surface area contributed by atoms with Gasteiger partial charge in [0.15, 0.2) is 0 Å². The fourth-order valence-electron chi connectivity index (χ4n) is 1.07. The summed E-state index contributed by atoms with van der Waals surface area (Å²) in [6, 6.07) is 4.27. The molecule has 0 radical (unpaired) electrons. The number of sulfonamides is 1. The van der Waals surface area contributed by atoms with E-state index in [1.54, 1.807) is 0 Å². The van der Waals surface area contributed by atoms with E-state index in [1.807, 2.05) is 20.8 Å². The van der Waals surface area contributed by atoms with Gasteiger partial charge in [0.25, 0.3) is 0 Å². The molecule has 0 saturated heterocycles. The summed E-state index contributed by atoms with van der Waals surface area (Å²) in [6.45, 7) is 6.21. The molecule has 0 amide bonds. The normalized spacial score (nSPS) is 12.7. The van der Waals surface area contributed by atoms with Gasteiger partial charge in [0, 0.05) is 6.54 Å². The molecule has 0 atom stereocenters. The van der Waals surface area contributed by atoms with Crippen LogP contribution in [0.5, 0.6) is 0 Å². The molecule has 0 aliphatic rings. The zero-order valence-electron chi connectivity index (χ0n) is 10.1. The Morgan fingerprint density at radius 1 is 1.35 bits per heavy atom. The molecule has 1 aromatic rings. The Hall–Kier alpha value is -0.780. The molecule has 0 saturated carbocycles. The van der Waals surface area contributed by atoms with Crippen LogP contribution in [0, 0.1) is 5.41 Å². The van der Waals surface area contributed by atoms with Crippen LogP contribution < -0.4 is 10.5 Å². The first kappa shape index (κ1) is 14.3. The van der Waals surface area contributed by atoms with Crippen LogP contribution in [0.2, 0.25) is 5.02 Å². The molecule has 4 nitrogen and oxygen atoms in total. The van der Waals surface area contributed by atoms with Gasteiger partial charge in [-0.05, 0) is 23.6 Å². The lowest BCUT2D eigenvalue weighted by Crippen LogP contribution is -2.32. The highest BCUT2D eigenvalue weighted by Crippen LogP contribution is 2.22. The largest absolute Gasteiger partial charge is 0.398 e. The van der Waals surface area contributed by atoms with E-state index in [0.29, 0.717) is 12.2 Å². The van der Waals surface area contributed by atoms with E-state index in [4.69, 9.17) is 17.3 Å². The van der Waals surface area contributed by atoms with E-state index in [2.05, 4.69) is 4.72 Å². The number of hydrogen-bond donors (Lipinski definition) is 2. The maximum Gasteiger partial charge on any atom is 0.240 e. The smallest absolute Gasteiger partial charge is 0.240 e. The molecule has 96 valence electrons. The molecular weight excluding hydrogens is 260 g/mol. The Labute approximate surface area is 107 Å². The second-order valence-electron chi connectivity index (χ2n) is 5.07. The number of halogens is 1. The first-order chi connectivity index (χ1) is 7.62. The summed E-state index contributed by atoms with van der Waals surface area (Å²) in [6.07, 6.45) is 0. The molecule has 0 aliphatic heterocycles. The Morgan fingerprint density at radius 3 is 2.41 bits per heavy atom. The summed E-state index contributed by atoms with van der Waals surface area (Å²) < 4.78 is 26.4. The summed E-state index contributed by atoms with van der Waals surface area (Å²) in [4.78, 5) is 0.126. The number of rotatable bonds is 3. The Balaban J connectivity index is 2.94. The van der Waals surface area contributed by atoms with Crippen LogP contribution in [-0.2, 0) is 10.0 Å². The molecule has 0 aliphatic carbocycles. The van der Waals surface area contributed by atoms with E-state index >= 15 is 0 Å². The van der Waals surface area contributed by atoms with E-state index < -0.39 is 10.0 Å². The predicted molar refractivity (Wildman–Crippen MR) is 70.5 cm³/mol. The molecule has 0 fully saturated rings. The van der Waals surface area contributed by atoms with Crippen molar-refractivity contribution in [1.29, 1.82) is 0 Å². The third kappa shape index (κ3) is 4.18. The van der Waals surface area contributed by atoms with Crippen molar-refractivity contribution in [2.75, 3.05) is 12.3 Å². The second kappa shape index (κ2) is 4.84. The topological polar surface area (TPSA) is 72.2 Å². The van der Waals surface area contributed by atoms with Gasteiger partial charge in [-0.25, -0.2) is 13.1 Å². The van der Waals surface area contributed by atoms with Crippen LogP contribution in [0.25, 0.3) is 0 Å². The minimum atomic E-state index is -3.52. The third-order valence-corrected chi connectivity index (χ3v) is 3.80. The highest BCUT2D eigenvalue weighted by atomic mass is 35.5. The first-order valence-corrected chi connectivity index (χ1v) is 7.03. The highest BCUT2D eigenvalue weighted by molar-refractivity contribution is 7.89. The van der Waals surface area contributed by atoms with Crippen molar-refractivity contribution < 1.29 is 8.42 Å². The van der Waals surface area contributed by atoms with Crippen LogP contribution in [0.15, 0.2) is 23.1 Å². The summed E-state index contributed by atoms with van der Waals surface area (Å²) in [5.74, 6) is 0. The van der Waals surface area contributed by atoms with Gasteiger partial charge in [-0.15, -0.1) is 0 Å².